The number of carbonyl (C=O) groups excluding carboxylic acids is 2. The van der Waals surface area contributed by atoms with Gasteiger partial charge in [-0.1, -0.05) is 34.3 Å². The summed E-state index contributed by atoms with van der Waals surface area (Å²) < 4.78 is 21.2. The van der Waals surface area contributed by atoms with Crippen molar-refractivity contribution in [3.05, 3.63) is 123 Å². The van der Waals surface area contributed by atoms with Crippen molar-refractivity contribution in [3.63, 3.8) is 0 Å². The number of phenolic OH excluding ortho intramolecular Hbond substituents is 3. The van der Waals surface area contributed by atoms with E-state index in [-0.39, 0.29) is 55.2 Å². The van der Waals surface area contributed by atoms with E-state index in [1.165, 1.54) is 15.5 Å². The van der Waals surface area contributed by atoms with Gasteiger partial charge in [0.1, 0.15) is 23.9 Å². The molecule has 6 aromatic rings. The molecule has 3 aliphatic heterocycles. The topological polar surface area (TPSA) is 198 Å². The summed E-state index contributed by atoms with van der Waals surface area (Å²) in [7, 11) is 1.59. The van der Waals surface area contributed by atoms with Crippen LogP contribution in [0.2, 0.25) is 0 Å². The minimum atomic E-state index is -1.71. The summed E-state index contributed by atoms with van der Waals surface area (Å²) in [6.45, 7) is 13.8. The Morgan fingerprint density at radius 1 is 1.05 bits per heavy atom. The summed E-state index contributed by atoms with van der Waals surface area (Å²) in [6.07, 6.45) is 3.95. The number of carbonyl (C=O) groups is 2. The molecular formula is C48H49N7O9. The maximum atomic E-state index is 13.7. The van der Waals surface area contributed by atoms with Crippen LogP contribution in [0.4, 0.5) is 4.79 Å². The maximum Gasteiger partial charge on any atom is 0.411 e. The molecule has 64 heavy (non-hydrogen) atoms. The van der Waals surface area contributed by atoms with E-state index in [0.717, 1.165) is 50.7 Å². The summed E-state index contributed by atoms with van der Waals surface area (Å²) in [5.41, 5.74) is 6.38. The van der Waals surface area contributed by atoms with E-state index in [4.69, 9.17) is 19.2 Å². The minimum Gasteiger partial charge on any atom is -0.508 e. The van der Waals surface area contributed by atoms with E-state index in [0.29, 0.717) is 53.4 Å². The van der Waals surface area contributed by atoms with Crippen LogP contribution in [0.1, 0.15) is 62.4 Å². The van der Waals surface area contributed by atoms with Gasteiger partial charge >= 0.3 is 17.8 Å². The molecule has 0 radical (unpaired) electrons. The molecule has 330 valence electrons. The monoisotopic (exact) mass is 867 g/mol. The fraction of sp³-hybridized carbons (Fsp3) is 0.312. The number of aromatic amines is 1. The molecule has 3 aromatic heterocycles. The normalized spacial score (nSPS) is 16.9. The molecule has 0 saturated heterocycles. The van der Waals surface area contributed by atoms with Gasteiger partial charge in [0.15, 0.2) is 5.82 Å². The van der Waals surface area contributed by atoms with E-state index in [9.17, 15) is 29.7 Å². The highest BCUT2D eigenvalue weighted by atomic mass is 16.6. The fourth-order valence-corrected chi connectivity index (χ4v) is 9.09. The first-order valence-corrected chi connectivity index (χ1v) is 21.3. The first kappa shape index (κ1) is 42.0. The van der Waals surface area contributed by atoms with Gasteiger partial charge in [0.25, 0.3) is 0 Å². The average Bonchev–Trinajstić information content (AvgIpc) is 3.98. The van der Waals surface area contributed by atoms with Crippen LogP contribution in [0.5, 0.6) is 17.2 Å². The number of rotatable bonds is 12. The molecule has 1 unspecified atom stereocenters. The molecule has 1 atom stereocenters. The highest BCUT2D eigenvalue weighted by Gasteiger charge is 2.53. The molecule has 4 N–H and O–H groups in total. The summed E-state index contributed by atoms with van der Waals surface area (Å²) in [5, 5.41) is 39.8. The predicted molar refractivity (Wildman–Crippen MR) is 239 cm³/mol. The number of hydrogen-bond donors (Lipinski definition) is 4. The standard InChI is InChI=1S/C48H49N7O9/c1-7-31-33-20-30(56)10-11-38(33)49-43-35(31)24-54-27(5)36-25-63-45(59)48(8-2,37(36)22-40(43)54)64-47(61)52(6)15-17-62-18-16-53-14-13-28-19-29(9-12-39(28)53)55-44(50-51-46(55)60)34-21-32(26(3)4)41(57)23-42(34)58/h9-14,19-23,26,56-58H,5,7-8,15-18,24-25H2,1-4,6H3,(H,51,60). The summed E-state index contributed by atoms with van der Waals surface area (Å²) in [5.74, 6) is -0.547. The smallest absolute Gasteiger partial charge is 0.411 e. The van der Waals surface area contributed by atoms with E-state index >= 15 is 0 Å². The second-order valence-electron chi connectivity index (χ2n) is 16.6. The molecule has 0 aliphatic carbocycles. The SMILES string of the molecule is C=C1C2=C(C=C3c4nc5ccc(O)cc5c(CC)c4CN13)C(CC)(OC(=O)N(C)CCOCCn1ccc3cc(-n4c(-c5cc(C(C)C)c(O)cc5O)n[nH]c4=O)ccc31)C(=O)OC2. The Kier molecular flexibility index (Phi) is 10.6. The highest BCUT2D eigenvalue weighted by molar-refractivity contribution is 5.94. The van der Waals surface area contributed by atoms with Gasteiger partial charge < -0.3 is 43.9 Å². The molecule has 16 nitrogen and oxygen atoms in total. The average molecular weight is 868 g/mol. The number of aromatic nitrogens is 5. The largest absolute Gasteiger partial charge is 0.508 e. The zero-order chi connectivity index (χ0) is 45.2. The van der Waals surface area contributed by atoms with Crippen LogP contribution in [-0.4, -0.2) is 101 Å². The quantitative estimate of drug-likeness (QED) is 0.0727. The number of nitrogens with one attached hydrogen (secondary N) is 1. The molecule has 0 spiro atoms. The first-order chi connectivity index (χ1) is 30.7. The van der Waals surface area contributed by atoms with Gasteiger partial charge in [-0.2, -0.15) is 5.10 Å². The molecule has 0 bridgehead atoms. The maximum absolute atomic E-state index is 13.7. The number of ether oxygens (including phenoxy) is 3. The molecule has 6 heterocycles. The number of phenols is 3. The van der Waals surface area contributed by atoms with Crippen molar-refractivity contribution >= 4 is 39.6 Å². The number of benzene rings is 3. The van der Waals surface area contributed by atoms with Gasteiger partial charge in [-0.25, -0.2) is 29.0 Å². The number of likely N-dealkylation sites (N-methyl/N-ethyl adjacent to an activating group) is 1. The van der Waals surface area contributed by atoms with Crippen molar-refractivity contribution in [2.45, 2.75) is 65.1 Å². The van der Waals surface area contributed by atoms with E-state index in [1.54, 1.807) is 44.3 Å². The molecule has 0 fully saturated rings. The number of hydrogen-bond acceptors (Lipinski definition) is 12. The van der Waals surface area contributed by atoms with Crippen LogP contribution >= 0.6 is 0 Å². The molecular weight excluding hydrogens is 819 g/mol. The summed E-state index contributed by atoms with van der Waals surface area (Å²) in [6, 6.07) is 15.5. The van der Waals surface area contributed by atoms with Crippen molar-refractivity contribution in [1.29, 1.82) is 0 Å². The zero-order valence-electron chi connectivity index (χ0n) is 36.3. The Morgan fingerprint density at radius 3 is 2.62 bits per heavy atom. The van der Waals surface area contributed by atoms with Gasteiger partial charge in [0.05, 0.1) is 47.9 Å². The van der Waals surface area contributed by atoms with Crippen molar-refractivity contribution in [3.8, 4) is 34.3 Å². The number of aryl methyl sites for hydroxylation is 1. The number of esters is 1. The number of pyridine rings is 1. The summed E-state index contributed by atoms with van der Waals surface area (Å²) >= 11 is 0. The van der Waals surface area contributed by atoms with Crippen LogP contribution < -0.4 is 5.69 Å². The Balaban J connectivity index is 0.861. The number of amides is 1. The van der Waals surface area contributed by atoms with Gasteiger partial charge in [0, 0.05) is 71.1 Å². The number of cyclic esters (lactones) is 1. The lowest BCUT2D eigenvalue weighted by molar-refractivity contribution is -0.163. The fourth-order valence-electron chi connectivity index (χ4n) is 9.09. The van der Waals surface area contributed by atoms with E-state index in [1.807, 2.05) is 48.9 Å². The van der Waals surface area contributed by atoms with Crippen molar-refractivity contribution in [1.82, 2.24) is 34.1 Å². The Labute approximate surface area is 367 Å². The summed E-state index contributed by atoms with van der Waals surface area (Å²) in [4.78, 5) is 48.9. The van der Waals surface area contributed by atoms with Crippen LogP contribution in [0.25, 0.3) is 44.6 Å². The lowest BCUT2D eigenvalue weighted by atomic mass is 9.81. The molecule has 9 rings (SSSR count). The van der Waals surface area contributed by atoms with Gasteiger partial charge in [0.2, 0.25) is 5.60 Å². The van der Waals surface area contributed by atoms with Crippen molar-refractivity contribution < 1.29 is 39.1 Å². The third-order valence-corrected chi connectivity index (χ3v) is 12.6. The molecule has 1 amide bonds. The Hall–Kier alpha value is -7.33. The first-order valence-electron chi connectivity index (χ1n) is 21.3. The number of aromatic hydroxyl groups is 3. The van der Waals surface area contributed by atoms with Crippen LogP contribution in [0.15, 0.2) is 95.1 Å². The van der Waals surface area contributed by atoms with E-state index < -0.39 is 23.4 Å². The number of H-pyrrole nitrogens is 1. The van der Waals surface area contributed by atoms with E-state index in [2.05, 4.69) is 28.6 Å². The number of nitrogens with zero attached hydrogens (tertiary/aromatic N) is 6. The third kappa shape index (κ3) is 6.85. The Morgan fingerprint density at radius 2 is 1.86 bits per heavy atom. The minimum absolute atomic E-state index is 0.00855. The molecule has 3 aliphatic rings. The highest BCUT2D eigenvalue weighted by Crippen LogP contribution is 2.49. The van der Waals surface area contributed by atoms with Crippen LogP contribution in [-0.2, 0) is 38.5 Å². The lowest BCUT2D eigenvalue weighted by Crippen LogP contribution is -2.52. The van der Waals surface area contributed by atoms with Gasteiger partial charge in [-0.05, 0) is 84.5 Å². The van der Waals surface area contributed by atoms with Crippen molar-refractivity contribution in [2.24, 2.45) is 0 Å². The lowest BCUT2D eigenvalue weighted by Gasteiger charge is -2.41. The zero-order valence-corrected chi connectivity index (χ0v) is 36.3. The van der Waals surface area contributed by atoms with Crippen molar-refractivity contribution in [2.75, 3.05) is 33.4 Å². The Bertz CT molecular complexity index is 3050. The van der Waals surface area contributed by atoms with Gasteiger partial charge in [-0.15, -0.1) is 0 Å². The van der Waals surface area contributed by atoms with Gasteiger partial charge in [-0.3, -0.25) is 0 Å². The second kappa shape index (κ2) is 16.1. The predicted octanol–water partition coefficient (Wildman–Crippen LogP) is 7.00. The van der Waals surface area contributed by atoms with Crippen LogP contribution in [0.3, 0.4) is 0 Å². The third-order valence-electron chi connectivity index (χ3n) is 12.6. The van der Waals surface area contributed by atoms with Crippen LogP contribution in [0, 0.1) is 0 Å². The number of fused-ring (bicyclic) bond motifs is 5. The second-order valence-corrected chi connectivity index (χ2v) is 16.6. The molecule has 16 heteroatoms. The molecule has 3 aromatic carbocycles. The molecule has 0 saturated carbocycles.